The van der Waals surface area contributed by atoms with Gasteiger partial charge in [-0.25, -0.2) is 0 Å². The zero-order valence-electron chi connectivity index (χ0n) is 22.4. The van der Waals surface area contributed by atoms with E-state index in [2.05, 4.69) is 41.0 Å². The molecule has 1 fully saturated rings. The van der Waals surface area contributed by atoms with Gasteiger partial charge in [-0.3, -0.25) is 9.69 Å². The third kappa shape index (κ3) is 6.40. The summed E-state index contributed by atoms with van der Waals surface area (Å²) in [7, 11) is 0. The molecule has 0 atom stereocenters. The molecule has 1 aromatic heterocycles. The van der Waals surface area contributed by atoms with Crippen LogP contribution in [0.5, 0.6) is 0 Å². The van der Waals surface area contributed by atoms with E-state index in [0.717, 1.165) is 48.3 Å². The summed E-state index contributed by atoms with van der Waals surface area (Å²) in [5.74, 6) is 0.810. The van der Waals surface area contributed by atoms with Crippen molar-refractivity contribution in [3.05, 3.63) is 94.5 Å². The van der Waals surface area contributed by atoms with Gasteiger partial charge in [0, 0.05) is 22.7 Å². The molecule has 0 aliphatic carbocycles. The van der Waals surface area contributed by atoms with Gasteiger partial charge >= 0.3 is 5.97 Å². The fourth-order valence-electron chi connectivity index (χ4n) is 5.35. The Hall–Kier alpha value is -3.48. The molecule has 1 aliphatic rings. The lowest BCUT2D eigenvalue weighted by molar-refractivity contribution is -0.152. The van der Waals surface area contributed by atoms with Crippen LogP contribution in [0.1, 0.15) is 43.4 Å². The summed E-state index contributed by atoms with van der Waals surface area (Å²) in [5.41, 5.74) is 4.35. The Morgan fingerprint density at radius 2 is 1.69 bits per heavy atom. The van der Waals surface area contributed by atoms with E-state index in [0.29, 0.717) is 41.9 Å². The highest BCUT2D eigenvalue weighted by Crippen LogP contribution is 2.36. The van der Waals surface area contributed by atoms with Gasteiger partial charge in [0.05, 0.1) is 5.41 Å². The zero-order chi connectivity index (χ0) is 27.4. The highest BCUT2D eigenvalue weighted by atomic mass is 35.5. The summed E-state index contributed by atoms with van der Waals surface area (Å²) in [4.78, 5) is 19.2. The van der Waals surface area contributed by atoms with E-state index < -0.39 is 11.4 Å². The van der Waals surface area contributed by atoms with Crippen molar-refractivity contribution in [1.29, 1.82) is 0 Å². The van der Waals surface area contributed by atoms with Crippen molar-refractivity contribution in [2.75, 3.05) is 13.1 Å². The SMILES string of the molecule is CC(C)Cc1ccc(-c2nc(-c3ccc(CN4CCC(Cc5ccccc5)(C(=O)O)CC4)cc3)no2)cc1Cl. The number of piperidine rings is 1. The minimum Gasteiger partial charge on any atom is -0.481 e. The second-order valence-corrected chi connectivity index (χ2v) is 11.5. The maximum atomic E-state index is 12.2. The summed E-state index contributed by atoms with van der Waals surface area (Å²) >= 11 is 6.49. The maximum Gasteiger partial charge on any atom is 0.310 e. The molecule has 0 spiro atoms. The summed E-state index contributed by atoms with van der Waals surface area (Å²) < 4.78 is 5.54. The van der Waals surface area contributed by atoms with Crippen LogP contribution < -0.4 is 0 Å². The number of halogens is 1. The largest absolute Gasteiger partial charge is 0.481 e. The van der Waals surface area contributed by atoms with Crippen LogP contribution in [-0.4, -0.2) is 39.2 Å². The van der Waals surface area contributed by atoms with Crippen molar-refractivity contribution in [2.45, 2.75) is 46.1 Å². The number of rotatable bonds is 9. The number of aliphatic carboxylic acids is 1. The van der Waals surface area contributed by atoms with Crippen LogP contribution in [-0.2, 0) is 24.2 Å². The van der Waals surface area contributed by atoms with Crippen LogP contribution >= 0.6 is 11.6 Å². The Balaban J connectivity index is 1.20. The summed E-state index contributed by atoms with van der Waals surface area (Å²) in [6.45, 7) is 6.63. The Kier molecular flexibility index (Phi) is 8.15. The number of hydrogen-bond acceptors (Lipinski definition) is 5. The lowest BCUT2D eigenvalue weighted by atomic mass is 9.74. The molecule has 0 amide bonds. The minimum atomic E-state index is -0.697. The molecule has 0 saturated carbocycles. The molecule has 1 aliphatic heterocycles. The van der Waals surface area contributed by atoms with E-state index in [9.17, 15) is 9.90 Å². The molecule has 39 heavy (non-hydrogen) atoms. The van der Waals surface area contributed by atoms with Crippen molar-refractivity contribution in [1.82, 2.24) is 15.0 Å². The topological polar surface area (TPSA) is 79.5 Å². The molecule has 1 saturated heterocycles. The number of benzene rings is 3. The fourth-order valence-corrected chi connectivity index (χ4v) is 5.61. The maximum absolute atomic E-state index is 12.2. The molecule has 202 valence electrons. The molecule has 7 heteroatoms. The van der Waals surface area contributed by atoms with Crippen molar-refractivity contribution >= 4 is 17.6 Å². The Bertz CT molecular complexity index is 1410. The van der Waals surface area contributed by atoms with Gasteiger partial charge in [-0.05, 0) is 73.5 Å². The van der Waals surface area contributed by atoms with Crippen LogP contribution in [0.25, 0.3) is 22.8 Å². The molecular weight excluding hydrogens is 510 g/mol. The van der Waals surface area contributed by atoms with E-state index in [1.54, 1.807) is 0 Å². The van der Waals surface area contributed by atoms with Crippen LogP contribution in [0.4, 0.5) is 0 Å². The smallest absolute Gasteiger partial charge is 0.310 e. The van der Waals surface area contributed by atoms with Crippen molar-refractivity contribution in [3.8, 4) is 22.8 Å². The standard InChI is InChI=1S/C32H34ClN3O3/c1-22(2)18-26-12-13-27(19-28(26)33)30-34-29(35-39-30)25-10-8-24(9-11-25)21-36-16-14-32(15-17-36,31(37)38)20-23-6-4-3-5-7-23/h3-13,19,22H,14-18,20-21H2,1-2H3,(H,37,38). The van der Waals surface area contributed by atoms with Crippen LogP contribution in [0, 0.1) is 11.3 Å². The zero-order valence-corrected chi connectivity index (χ0v) is 23.2. The van der Waals surface area contributed by atoms with Gasteiger partial charge in [-0.1, -0.05) is 91.3 Å². The second-order valence-electron chi connectivity index (χ2n) is 11.0. The van der Waals surface area contributed by atoms with Crippen molar-refractivity contribution < 1.29 is 14.4 Å². The van der Waals surface area contributed by atoms with Crippen molar-refractivity contribution in [2.24, 2.45) is 11.3 Å². The third-order valence-corrected chi connectivity index (χ3v) is 7.98. The first-order chi connectivity index (χ1) is 18.8. The van der Waals surface area contributed by atoms with E-state index >= 15 is 0 Å². The second kappa shape index (κ2) is 11.7. The van der Waals surface area contributed by atoms with E-state index in [1.807, 2.05) is 60.7 Å². The molecule has 4 aromatic rings. The van der Waals surface area contributed by atoms with E-state index in [-0.39, 0.29) is 0 Å². The number of carbonyl (C=O) groups is 1. The summed E-state index contributed by atoms with van der Waals surface area (Å²) in [5, 5.41) is 14.9. The molecule has 3 aromatic carbocycles. The monoisotopic (exact) mass is 543 g/mol. The molecule has 0 radical (unpaired) electrons. The molecule has 5 rings (SSSR count). The number of aromatic nitrogens is 2. The van der Waals surface area contributed by atoms with Gasteiger partial charge in [0.1, 0.15) is 0 Å². The number of likely N-dealkylation sites (tertiary alicyclic amines) is 1. The highest BCUT2D eigenvalue weighted by Gasteiger charge is 2.41. The van der Waals surface area contributed by atoms with Gasteiger partial charge in [-0.2, -0.15) is 4.98 Å². The normalized spacial score (nSPS) is 15.5. The molecule has 0 unspecified atom stereocenters. The van der Waals surface area contributed by atoms with Crippen LogP contribution in [0.2, 0.25) is 5.02 Å². The fraction of sp³-hybridized carbons (Fsp3) is 0.344. The number of carboxylic acid groups (broad SMARTS) is 1. The predicted molar refractivity (Wildman–Crippen MR) is 153 cm³/mol. The van der Waals surface area contributed by atoms with Crippen LogP contribution in [0.3, 0.4) is 0 Å². The summed E-state index contributed by atoms with van der Waals surface area (Å²) in [6.07, 6.45) is 2.78. The quantitative estimate of drug-likeness (QED) is 0.241. The average molecular weight is 544 g/mol. The third-order valence-electron chi connectivity index (χ3n) is 7.62. The first-order valence-corrected chi connectivity index (χ1v) is 13.9. The molecule has 0 bridgehead atoms. The van der Waals surface area contributed by atoms with Gasteiger partial charge in [0.15, 0.2) is 0 Å². The number of nitrogens with zero attached hydrogens (tertiary/aromatic N) is 3. The predicted octanol–water partition coefficient (Wildman–Crippen LogP) is 7.17. The van der Waals surface area contributed by atoms with E-state index in [1.165, 1.54) is 5.56 Å². The van der Waals surface area contributed by atoms with Crippen LogP contribution in [0.15, 0.2) is 77.3 Å². The first-order valence-electron chi connectivity index (χ1n) is 13.5. The average Bonchev–Trinajstić information content (AvgIpc) is 3.42. The Morgan fingerprint density at radius 3 is 2.33 bits per heavy atom. The molecular formula is C32H34ClN3O3. The Morgan fingerprint density at radius 1 is 1.00 bits per heavy atom. The molecule has 2 heterocycles. The molecule has 6 nitrogen and oxygen atoms in total. The lowest BCUT2D eigenvalue weighted by Crippen LogP contribution is -2.45. The lowest BCUT2D eigenvalue weighted by Gasteiger charge is -2.39. The summed E-state index contributed by atoms with van der Waals surface area (Å²) in [6, 6.07) is 24.0. The van der Waals surface area contributed by atoms with E-state index in [4.69, 9.17) is 16.1 Å². The Labute approximate surface area is 234 Å². The molecule has 1 N–H and O–H groups in total. The van der Waals surface area contributed by atoms with Gasteiger partial charge in [0.25, 0.3) is 5.89 Å². The first kappa shape index (κ1) is 27.1. The van der Waals surface area contributed by atoms with Gasteiger partial charge in [-0.15, -0.1) is 0 Å². The number of carboxylic acids is 1. The highest BCUT2D eigenvalue weighted by molar-refractivity contribution is 6.31. The minimum absolute atomic E-state index is 0.442. The van der Waals surface area contributed by atoms with Gasteiger partial charge < -0.3 is 9.63 Å². The van der Waals surface area contributed by atoms with Crippen molar-refractivity contribution in [3.63, 3.8) is 0 Å². The number of hydrogen-bond donors (Lipinski definition) is 1. The van der Waals surface area contributed by atoms with Gasteiger partial charge in [0.2, 0.25) is 5.82 Å².